The average Bonchev–Trinajstić information content (AvgIpc) is 2.65. The molecule has 2 aromatic rings. The van der Waals surface area contributed by atoms with Crippen LogP contribution < -0.4 is 0 Å². The molecule has 1 unspecified atom stereocenters. The summed E-state index contributed by atoms with van der Waals surface area (Å²) in [6, 6.07) is 6.29. The van der Waals surface area contributed by atoms with Crippen LogP contribution in [0.1, 0.15) is 36.0 Å². The van der Waals surface area contributed by atoms with E-state index in [1.54, 1.807) is 0 Å². The molecule has 0 aliphatic carbocycles. The van der Waals surface area contributed by atoms with Crippen LogP contribution in [0.15, 0.2) is 43.0 Å². The minimum absolute atomic E-state index is 0.0750. The molecule has 1 spiro atoms. The molecule has 0 N–H and O–H groups in total. The first-order chi connectivity index (χ1) is 13.2. The highest BCUT2D eigenvalue weighted by molar-refractivity contribution is 5.15. The lowest BCUT2D eigenvalue weighted by molar-refractivity contribution is -0.182. The Hall–Kier alpha value is -1.82. The highest BCUT2D eigenvalue weighted by atomic mass is 16.5. The predicted octanol–water partition coefficient (Wildman–Crippen LogP) is 3.37. The molecule has 5 heteroatoms. The Morgan fingerprint density at radius 3 is 2.93 bits per heavy atom. The van der Waals surface area contributed by atoms with Crippen molar-refractivity contribution < 1.29 is 9.47 Å². The van der Waals surface area contributed by atoms with E-state index in [1.165, 1.54) is 11.1 Å². The first-order valence-corrected chi connectivity index (χ1v) is 9.94. The van der Waals surface area contributed by atoms with Gasteiger partial charge in [-0.3, -0.25) is 14.9 Å². The van der Waals surface area contributed by atoms with E-state index in [1.807, 2.05) is 30.9 Å². The monoisotopic (exact) mass is 367 g/mol. The van der Waals surface area contributed by atoms with Gasteiger partial charge in [0.2, 0.25) is 0 Å². The molecule has 2 fully saturated rings. The van der Waals surface area contributed by atoms with E-state index in [0.29, 0.717) is 12.5 Å². The van der Waals surface area contributed by atoms with E-state index >= 15 is 0 Å². The Labute approximate surface area is 161 Å². The van der Waals surface area contributed by atoms with Crippen molar-refractivity contribution in [2.75, 3.05) is 26.3 Å². The number of nitrogens with zero attached hydrogens (tertiary/aromatic N) is 3. The van der Waals surface area contributed by atoms with E-state index in [0.717, 1.165) is 57.7 Å². The molecular weight excluding hydrogens is 338 g/mol. The smallest absolute Gasteiger partial charge is 0.0937 e. The van der Waals surface area contributed by atoms with Crippen molar-refractivity contribution in [2.24, 2.45) is 5.92 Å². The molecule has 2 aliphatic heterocycles. The lowest BCUT2D eigenvalue weighted by atomic mass is 9.79. The van der Waals surface area contributed by atoms with Gasteiger partial charge in [-0.2, -0.15) is 0 Å². The van der Waals surface area contributed by atoms with Crippen LogP contribution >= 0.6 is 0 Å². The van der Waals surface area contributed by atoms with Crippen molar-refractivity contribution in [1.82, 2.24) is 14.9 Å². The van der Waals surface area contributed by atoms with Gasteiger partial charge in [0.25, 0.3) is 0 Å². The highest BCUT2D eigenvalue weighted by Gasteiger charge is 2.47. The van der Waals surface area contributed by atoms with Crippen molar-refractivity contribution in [3.05, 3.63) is 59.7 Å². The fourth-order valence-corrected chi connectivity index (χ4v) is 4.36. The van der Waals surface area contributed by atoms with Gasteiger partial charge in [0.05, 0.1) is 12.2 Å². The van der Waals surface area contributed by atoms with Gasteiger partial charge in [0.15, 0.2) is 0 Å². The van der Waals surface area contributed by atoms with Crippen LogP contribution in [0.2, 0.25) is 0 Å². The number of hydrogen-bond donors (Lipinski definition) is 0. The Morgan fingerprint density at radius 2 is 2.11 bits per heavy atom. The van der Waals surface area contributed by atoms with Crippen molar-refractivity contribution >= 4 is 0 Å². The molecule has 1 atom stereocenters. The maximum atomic E-state index is 6.18. The molecule has 2 aromatic heterocycles. The molecule has 0 bridgehead atoms. The van der Waals surface area contributed by atoms with Crippen LogP contribution in [0.3, 0.4) is 0 Å². The fourth-order valence-electron chi connectivity index (χ4n) is 4.36. The third-order valence-corrected chi connectivity index (χ3v) is 5.62. The highest BCUT2D eigenvalue weighted by Crippen LogP contribution is 2.38. The summed E-state index contributed by atoms with van der Waals surface area (Å²) < 4.78 is 12.1. The second kappa shape index (κ2) is 8.46. The van der Waals surface area contributed by atoms with Gasteiger partial charge in [0, 0.05) is 57.6 Å². The molecule has 2 saturated heterocycles. The van der Waals surface area contributed by atoms with Gasteiger partial charge >= 0.3 is 0 Å². The standard InChI is InChI=1S/C22H29N3O2/c1-18-9-21(13-24-11-18)15-26-7-4-19-5-8-27-22(10-19)16-25(17-22)14-20-3-2-6-23-12-20/h2-3,6,9,11-13,19H,4-5,7-8,10,14-17H2,1H3. The zero-order valence-electron chi connectivity index (χ0n) is 16.1. The number of likely N-dealkylation sites (tertiary alicyclic amines) is 1. The van der Waals surface area contributed by atoms with Gasteiger partial charge in [-0.25, -0.2) is 0 Å². The third-order valence-electron chi connectivity index (χ3n) is 5.62. The first-order valence-electron chi connectivity index (χ1n) is 9.94. The lowest BCUT2D eigenvalue weighted by Crippen LogP contribution is -2.64. The summed E-state index contributed by atoms with van der Waals surface area (Å²) >= 11 is 0. The molecule has 27 heavy (non-hydrogen) atoms. The summed E-state index contributed by atoms with van der Waals surface area (Å²) in [7, 11) is 0. The van der Waals surface area contributed by atoms with Crippen molar-refractivity contribution in [2.45, 2.75) is 44.9 Å². The normalized spacial score (nSPS) is 21.9. The minimum Gasteiger partial charge on any atom is -0.377 e. The Morgan fingerprint density at radius 1 is 1.22 bits per heavy atom. The molecule has 5 nitrogen and oxygen atoms in total. The molecule has 0 radical (unpaired) electrons. The zero-order valence-corrected chi connectivity index (χ0v) is 16.1. The molecule has 0 saturated carbocycles. The maximum absolute atomic E-state index is 6.18. The molecule has 0 aromatic carbocycles. The van der Waals surface area contributed by atoms with Crippen LogP contribution in [0, 0.1) is 12.8 Å². The molecule has 4 rings (SSSR count). The number of rotatable bonds is 7. The van der Waals surface area contributed by atoms with Gasteiger partial charge < -0.3 is 9.47 Å². The average molecular weight is 367 g/mol. The van der Waals surface area contributed by atoms with E-state index in [2.05, 4.69) is 33.9 Å². The Balaban J connectivity index is 1.18. The maximum Gasteiger partial charge on any atom is 0.0937 e. The van der Waals surface area contributed by atoms with Crippen molar-refractivity contribution in [3.8, 4) is 0 Å². The quantitative estimate of drug-likeness (QED) is 0.702. The van der Waals surface area contributed by atoms with Gasteiger partial charge in [-0.15, -0.1) is 0 Å². The summed E-state index contributed by atoms with van der Waals surface area (Å²) in [6.45, 7) is 7.46. The van der Waals surface area contributed by atoms with Crippen LogP contribution in [0.25, 0.3) is 0 Å². The molecule has 0 amide bonds. The Bertz CT molecular complexity index is 731. The van der Waals surface area contributed by atoms with Gasteiger partial charge in [-0.1, -0.05) is 12.1 Å². The van der Waals surface area contributed by atoms with Crippen molar-refractivity contribution in [3.63, 3.8) is 0 Å². The largest absolute Gasteiger partial charge is 0.377 e. The topological polar surface area (TPSA) is 47.5 Å². The second-order valence-electron chi connectivity index (χ2n) is 8.11. The number of pyridine rings is 2. The molecule has 4 heterocycles. The van der Waals surface area contributed by atoms with E-state index < -0.39 is 0 Å². The second-order valence-corrected chi connectivity index (χ2v) is 8.11. The summed E-state index contributed by atoms with van der Waals surface area (Å²) in [5.74, 6) is 0.704. The van der Waals surface area contributed by atoms with Crippen LogP contribution in [0.5, 0.6) is 0 Å². The summed E-state index contributed by atoms with van der Waals surface area (Å²) in [5, 5.41) is 0. The summed E-state index contributed by atoms with van der Waals surface area (Å²) in [6.07, 6.45) is 11.0. The van der Waals surface area contributed by atoms with Crippen molar-refractivity contribution in [1.29, 1.82) is 0 Å². The minimum atomic E-state index is 0.0750. The number of aryl methyl sites for hydroxylation is 1. The van der Waals surface area contributed by atoms with Crippen LogP contribution in [0.4, 0.5) is 0 Å². The van der Waals surface area contributed by atoms with Gasteiger partial charge in [-0.05, 0) is 54.9 Å². The fraction of sp³-hybridized carbons (Fsp3) is 0.545. The van der Waals surface area contributed by atoms with E-state index in [4.69, 9.17) is 9.47 Å². The lowest BCUT2D eigenvalue weighted by Gasteiger charge is -2.53. The first kappa shape index (κ1) is 18.5. The number of hydrogen-bond acceptors (Lipinski definition) is 5. The summed E-state index contributed by atoms with van der Waals surface area (Å²) in [5.41, 5.74) is 3.69. The van der Waals surface area contributed by atoms with E-state index in [9.17, 15) is 0 Å². The molecular formula is C22H29N3O2. The number of aromatic nitrogens is 2. The van der Waals surface area contributed by atoms with E-state index in [-0.39, 0.29) is 5.60 Å². The molecule has 144 valence electrons. The Kier molecular flexibility index (Phi) is 5.81. The predicted molar refractivity (Wildman–Crippen MR) is 104 cm³/mol. The van der Waals surface area contributed by atoms with Crippen LogP contribution in [-0.4, -0.2) is 46.8 Å². The molecule has 2 aliphatic rings. The number of ether oxygens (including phenoxy) is 2. The zero-order chi connectivity index (χ0) is 18.5. The van der Waals surface area contributed by atoms with Gasteiger partial charge in [0.1, 0.15) is 0 Å². The summed E-state index contributed by atoms with van der Waals surface area (Å²) in [4.78, 5) is 10.9. The SMILES string of the molecule is Cc1cncc(COCCC2CCOC3(C2)CN(Cc2cccnc2)C3)c1. The van der Waals surface area contributed by atoms with Crippen LogP contribution in [-0.2, 0) is 22.6 Å². The third kappa shape index (κ3) is 4.92.